The van der Waals surface area contributed by atoms with E-state index in [2.05, 4.69) is 57.2 Å². The first-order chi connectivity index (χ1) is 13.3. The quantitative estimate of drug-likeness (QED) is 0.730. The number of aliphatic hydroxyl groups is 1. The summed E-state index contributed by atoms with van der Waals surface area (Å²) < 4.78 is 5.52. The zero-order valence-electron chi connectivity index (χ0n) is 15.4. The van der Waals surface area contributed by atoms with Gasteiger partial charge in [-0.3, -0.25) is 4.90 Å². The third-order valence-electron chi connectivity index (χ3n) is 4.99. The first-order valence-electron chi connectivity index (χ1n) is 9.47. The molecule has 1 N–H and O–H groups in total. The number of rotatable bonds is 6. The van der Waals surface area contributed by atoms with Crippen LogP contribution in [0.5, 0.6) is 5.75 Å². The van der Waals surface area contributed by atoms with E-state index in [1.165, 1.54) is 16.3 Å². The minimum Gasteiger partial charge on any atom is -0.491 e. The number of pyridine rings is 1. The maximum atomic E-state index is 8.90. The summed E-state index contributed by atoms with van der Waals surface area (Å²) >= 11 is 0. The molecule has 1 saturated heterocycles. The maximum Gasteiger partial charge on any atom is 0.136 e. The average molecular weight is 363 g/mol. The number of anilines is 1. The molecular formula is C22H25N3O2. The van der Waals surface area contributed by atoms with Crippen molar-refractivity contribution in [1.29, 1.82) is 0 Å². The second-order valence-electron chi connectivity index (χ2n) is 6.84. The molecule has 2 heterocycles. The van der Waals surface area contributed by atoms with Crippen molar-refractivity contribution in [2.45, 2.75) is 6.54 Å². The summed E-state index contributed by atoms with van der Waals surface area (Å²) in [6.07, 6.45) is 1.90. The molecule has 5 heteroatoms. The molecule has 5 nitrogen and oxygen atoms in total. The first kappa shape index (κ1) is 17.8. The van der Waals surface area contributed by atoms with Crippen molar-refractivity contribution >= 4 is 16.6 Å². The van der Waals surface area contributed by atoms with Crippen molar-refractivity contribution < 1.29 is 9.84 Å². The number of nitrogens with zero attached hydrogens (tertiary/aromatic N) is 3. The Balaban J connectivity index is 1.39. The summed E-state index contributed by atoms with van der Waals surface area (Å²) in [6.45, 7) is 5.24. The van der Waals surface area contributed by atoms with Crippen LogP contribution in [0.3, 0.4) is 0 Å². The minimum atomic E-state index is 0.0361. The molecule has 0 unspecified atom stereocenters. The number of piperazine rings is 1. The van der Waals surface area contributed by atoms with E-state index in [-0.39, 0.29) is 6.61 Å². The normalized spacial score (nSPS) is 15.2. The Morgan fingerprint density at radius 1 is 0.963 bits per heavy atom. The largest absolute Gasteiger partial charge is 0.491 e. The van der Waals surface area contributed by atoms with Gasteiger partial charge in [0.2, 0.25) is 0 Å². The molecule has 2 aromatic carbocycles. The number of hydrogen-bond donors (Lipinski definition) is 1. The number of aromatic nitrogens is 1. The Morgan fingerprint density at radius 3 is 2.67 bits per heavy atom. The monoisotopic (exact) mass is 363 g/mol. The summed E-state index contributed by atoms with van der Waals surface area (Å²) in [5.74, 6) is 1.91. The van der Waals surface area contributed by atoms with Crippen LogP contribution >= 0.6 is 0 Å². The fraction of sp³-hybridized carbons (Fsp3) is 0.318. The van der Waals surface area contributed by atoms with Gasteiger partial charge in [-0.1, -0.05) is 36.4 Å². The van der Waals surface area contributed by atoms with Gasteiger partial charge in [-0.15, -0.1) is 0 Å². The fourth-order valence-corrected chi connectivity index (χ4v) is 3.63. The van der Waals surface area contributed by atoms with Crippen molar-refractivity contribution in [3.05, 3.63) is 66.4 Å². The molecule has 1 aliphatic heterocycles. The average Bonchev–Trinajstić information content (AvgIpc) is 2.73. The van der Waals surface area contributed by atoms with Crippen LogP contribution in [-0.2, 0) is 6.54 Å². The Bertz CT molecular complexity index is 886. The number of ether oxygens (including phenoxy) is 1. The van der Waals surface area contributed by atoms with Crippen molar-refractivity contribution in [2.75, 3.05) is 44.3 Å². The molecule has 0 radical (unpaired) electrons. The van der Waals surface area contributed by atoms with Crippen molar-refractivity contribution in [2.24, 2.45) is 0 Å². The zero-order chi connectivity index (χ0) is 18.5. The second-order valence-corrected chi connectivity index (χ2v) is 6.84. The SMILES string of the molecule is OCCOc1cccc(CN2CCN(c3nccc4ccccc34)CC2)c1. The van der Waals surface area contributed by atoms with Gasteiger partial charge in [0.15, 0.2) is 0 Å². The van der Waals surface area contributed by atoms with Crippen LogP contribution < -0.4 is 9.64 Å². The molecule has 1 aliphatic rings. The van der Waals surface area contributed by atoms with Crippen LogP contribution in [0.25, 0.3) is 10.8 Å². The number of aliphatic hydroxyl groups excluding tert-OH is 1. The highest BCUT2D eigenvalue weighted by Crippen LogP contribution is 2.25. The third-order valence-corrected chi connectivity index (χ3v) is 4.99. The Labute approximate surface area is 159 Å². The van der Waals surface area contributed by atoms with Crippen LogP contribution in [-0.4, -0.2) is 54.4 Å². The molecule has 0 bridgehead atoms. The molecule has 3 aromatic rings. The Kier molecular flexibility index (Phi) is 5.51. The van der Waals surface area contributed by atoms with Gasteiger partial charge in [0.25, 0.3) is 0 Å². The molecule has 0 spiro atoms. The van der Waals surface area contributed by atoms with E-state index in [0.717, 1.165) is 44.3 Å². The standard InChI is InChI=1S/C22H25N3O2/c26-14-15-27-20-6-3-4-18(16-20)17-24-10-12-25(13-11-24)22-21-7-2-1-5-19(21)8-9-23-22/h1-9,16,26H,10-15,17H2. The van der Waals surface area contributed by atoms with Gasteiger partial charge >= 0.3 is 0 Å². The molecule has 1 aromatic heterocycles. The predicted octanol–water partition coefficient (Wildman–Crippen LogP) is 2.93. The predicted molar refractivity (Wildman–Crippen MR) is 108 cm³/mol. The van der Waals surface area contributed by atoms with Crippen LogP contribution in [0.1, 0.15) is 5.56 Å². The van der Waals surface area contributed by atoms with E-state index >= 15 is 0 Å². The summed E-state index contributed by atoms with van der Waals surface area (Å²) in [6, 6.07) is 18.7. The number of fused-ring (bicyclic) bond motifs is 1. The second kappa shape index (κ2) is 8.37. The summed E-state index contributed by atoms with van der Waals surface area (Å²) in [7, 11) is 0. The van der Waals surface area contributed by atoms with Gasteiger partial charge in [-0.05, 0) is 29.1 Å². The molecular weight excluding hydrogens is 338 g/mol. The van der Waals surface area contributed by atoms with E-state index in [1.807, 2.05) is 18.3 Å². The summed E-state index contributed by atoms with van der Waals surface area (Å²) in [5, 5.41) is 11.4. The first-order valence-corrected chi connectivity index (χ1v) is 9.47. The van der Waals surface area contributed by atoms with E-state index in [0.29, 0.717) is 6.61 Å². The number of benzene rings is 2. The van der Waals surface area contributed by atoms with E-state index in [9.17, 15) is 0 Å². The fourth-order valence-electron chi connectivity index (χ4n) is 3.63. The molecule has 140 valence electrons. The van der Waals surface area contributed by atoms with Gasteiger partial charge in [0.05, 0.1) is 6.61 Å². The topological polar surface area (TPSA) is 48.8 Å². The van der Waals surface area contributed by atoms with Crippen molar-refractivity contribution in [3.8, 4) is 5.75 Å². The maximum absolute atomic E-state index is 8.90. The lowest BCUT2D eigenvalue weighted by molar-refractivity contribution is 0.201. The molecule has 0 atom stereocenters. The van der Waals surface area contributed by atoms with Crippen molar-refractivity contribution in [1.82, 2.24) is 9.88 Å². The van der Waals surface area contributed by atoms with Gasteiger partial charge in [0.1, 0.15) is 18.2 Å². The van der Waals surface area contributed by atoms with Crippen LogP contribution in [0.2, 0.25) is 0 Å². The van der Waals surface area contributed by atoms with Gasteiger partial charge in [-0.2, -0.15) is 0 Å². The molecule has 0 saturated carbocycles. The van der Waals surface area contributed by atoms with Gasteiger partial charge in [0, 0.05) is 44.3 Å². The van der Waals surface area contributed by atoms with Crippen molar-refractivity contribution in [3.63, 3.8) is 0 Å². The summed E-state index contributed by atoms with van der Waals surface area (Å²) in [4.78, 5) is 9.50. The highest BCUT2D eigenvalue weighted by molar-refractivity contribution is 5.92. The number of hydrogen-bond acceptors (Lipinski definition) is 5. The highest BCUT2D eigenvalue weighted by Gasteiger charge is 2.19. The van der Waals surface area contributed by atoms with Gasteiger partial charge in [-0.25, -0.2) is 4.98 Å². The minimum absolute atomic E-state index is 0.0361. The lowest BCUT2D eigenvalue weighted by Crippen LogP contribution is -2.46. The van der Waals surface area contributed by atoms with Gasteiger partial charge < -0.3 is 14.7 Å². The Hall–Kier alpha value is -2.63. The molecule has 4 rings (SSSR count). The smallest absolute Gasteiger partial charge is 0.136 e. The van der Waals surface area contributed by atoms with Crippen LogP contribution in [0.15, 0.2) is 60.8 Å². The zero-order valence-corrected chi connectivity index (χ0v) is 15.4. The lowest BCUT2D eigenvalue weighted by Gasteiger charge is -2.36. The Morgan fingerprint density at radius 2 is 1.81 bits per heavy atom. The van der Waals surface area contributed by atoms with Crippen LogP contribution in [0.4, 0.5) is 5.82 Å². The summed E-state index contributed by atoms with van der Waals surface area (Å²) in [5.41, 5.74) is 1.24. The van der Waals surface area contributed by atoms with E-state index in [1.54, 1.807) is 0 Å². The molecule has 0 aliphatic carbocycles. The third kappa shape index (κ3) is 4.21. The van der Waals surface area contributed by atoms with E-state index in [4.69, 9.17) is 9.84 Å². The van der Waals surface area contributed by atoms with Crippen LogP contribution in [0, 0.1) is 0 Å². The molecule has 0 amide bonds. The molecule has 27 heavy (non-hydrogen) atoms. The lowest BCUT2D eigenvalue weighted by atomic mass is 10.1. The molecule has 1 fully saturated rings. The highest BCUT2D eigenvalue weighted by atomic mass is 16.5. The van der Waals surface area contributed by atoms with E-state index < -0.39 is 0 Å².